The molecule has 158 valence electrons. The molecule has 8 heteroatoms. The van der Waals surface area contributed by atoms with Gasteiger partial charge in [-0.25, -0.2) is 13.6 Å². The average molecular weight is 415 g/mol. The second kappa shape index (κ2) is 9.39. The number of nitrogens with two attached hydrogens (primary N) is 1. The summed E-state index contributed by atoms with van der Waals surface area (Å²) in [5.41, 5.74) is 7.08. The van der Waals surface area contributed by atoms with Crippen molar-refractivity contribution in [2.45, 2.75) is 26.3 Å². The predicted octanol–water partition coefficient (Wildman–Crippen LogP) is 3.76. The number of esters is 1. The van der Waals surface area contributed by atoms with E-state index >= 15 is 0 Å². The summed E-state index contributed by atoms with van der Waals surface area (Å²) in [6, 6.07) is 11.3. The third-order valence-corrected chi connectivity index (χ3v) is 4.69. The number of benzene rings is 2. The van der Waals surface area contributed by atoms with Gasteiger partial charge in [-0.05, 0) is 55.7 Å². The van der Waals surface area contributed by atoms with Gasteiger partial charge in [-0.3, -0.25) is 4.68 Å². The number of anilines is 1. The van der Waals surface area contributed by atoms with Gasteiger partial charge in [-0.15, -0.1) is 0 Å². The second-order valence-electron chi connectivity index (χ2n) is 6.68. The van der Waals surface area contributed by atoms with Gasteiger partial charge in [0.1, 0.15) is 11.6 Å². The van der Waals surface area contributed by atoms with Gasteiger partial charge in [0.05, 0.1) is 25.9 Å². The first-order valence-electron chi connectivity index (χ1n) is 9.52. The summed E-state index contributed by atoms with van der Waals surface area (Å²) in [6.07, 6.45) is 0.332. The number of carbonyl (C=O) groups is 1. The first-order valence-corrected chi connectivity index (χ1v) is 9.52. The van der Waals surface area contributed by atoms with Gasteiger partial charge >= 0.3 is 5.97 Å². The highest BCUT2D eigenvalue weighted by molar-refractivity contribution is 5.87. The van der Waals surface area contributed by atoms with Crippen molar-refractivity contribution in [2.75, 3.05) is 19.5 Å². The fourth-order valence-corrected chi connectivity index (χ4v) is 3.10. The molecule has 1 heterocycles. The molecule has 3 aromatic rings. The molecule has 0 fully saturated rings. The second-order valence-corrected chi connectivity index (χ2v) is 6.68. The Labute approximate surface area is 173 Å². The van der Waals surface area contributed by atoms with Gasteiger partial charge in [-0.1, -0.05) is 12.1 Å². The molecule has 0 aliphatic carbocycles. The van der Waals surface area contributed by atoms with E-state index in [1.54, 1.807) is 24.8 Å². The van der Waals surface area contributed by atoms with Crippen LogP contribution >= 0.6 is 0 Å². The van der Waals surface area contributed by atoms with Crippen molar-refractivity contribution in [2.24, 2.45) is 0 Å². The molecule has 3 rings (SSSR count). The molecular formula is C22H23F2N3O3. The maximum atomic E-state index is 14.2. The van der Waals surface area contributed by atoms with Crippen LogP contribution in [0.15, 0.2) is 42.5 Å². The van der Waals surface area contributed by atoms with Gasteiger partial charge < -0.3 is 15.2 Å². The number of carbonyl (C=O) groups excluding carboxylic acids is 1. The Bertz CT molecular complexity index is 1030. The lowest BCUT2D eigenvalue weighted by Crippen LogP contribution is -2.10. The molecule has 30 heavy (non-hydrogen) atoms. The molecule has 0 aliphatic heterocycles. The summed E-state index contributed by atoms with van der Waals surface area (Å²) in [5, 5.41) is 4.34. The number of nitrogen functional groups attached to an aromatic ring is 1. The van der Waals surface area contributed by atoms with E-state index in [4.69, 9.17) is 15.2 Å². The molecule has 0 spiro atoms. The lowest BCUT2D eigenvalue weighted by atomic mass is 10.1. The smallest absolute Gasteiger partial charge is 0.358 e. The zero-order valence-electron chi connectivity index (χ0n) is 16.8. The van der Waals surface area contributed by atoms with E-state index in [9.17, 15) is 13.6 Å². The fraction of sp³-hybridized carbons (Fsp3) is 0.273. The molecule has 2 N–H and O–H groups in total. The van der Waals surface area contributed by atoms with E-state index < -0.39 is 17.6 Å². The quantitative estimate of drug-likeness (QED) is 0.448. The van der Waals surface area contributed by atoms with E-state index in [-0.39, 0.29) is 36.4 Å². The Morgan fingerprint density at radius 2 is 1.87 bits per heavy atom. The lowest BCUT2D eigenvalue weighted by molar-refractivity contribution is 0.0518. The lowest BCUT2D eigenvalue weighted by Gasteiger charge is -2.10. The number of hydrogen-bond donors (Lipinski definition) is 1. The van der Waals surface area contributed by atoms with E-state index in [2.05, 4.69) is 5.10 Å². The Morgan fingerprint density at radius 3 is 2.53 bits per heavy atom. The highest BCUT2D eigenvalue weighted by Gasteiger charge is 2.18. The third-order valence-electron chi connectivity index (χ3n) is 4.69. The SMILES string of the molecule is CCOC(=O)c1cc(CCc2c(F)ccc(N)c2F)n(Cc2ccc(OC)cc2)n1. The summed E-state index contributed by atoms with van der Waals surface area (Å²) < 4.78 is 40.1. The molecule has 0 amide bonds. The highest BCUT2D eigenvalue weighted by Crippen LogP contribution is 2.21. The van der Waals surface area contributed by atoms with Gasteiger partial charge in [0.2, 0.25) is 0 Å². The summed E-state index contributed by atoms with van der Waals surface area (Å²) in [6.45, 7) is 2.30. The van der Waals surface area contributed by atoms with Crippen molar-refractivity contribution in [3.05, 3.63) is 76.6 Å². The van der Waals surface area contributed by atoms with Crippen molar-refractivity contribution in [3.8, 4) is 5.75 Å². The molecule has 6 nitrogen and oxygen atoms in total. The molecule has 0 atom stereocenters. The Kier molecular flexibility index (Phi) is 6.66. The standard InChI is InChI=1S/C22H23F2N3O3/c1-3-30-22(28)20-12-15(6-9-17-18(23)10-11-19(25)21(17)24)27(26-20)13-14-4-7-16(29-2)8-5-14/h4-5,7-8,10-12H,3,6,9,13,25H2,1-2H3. The first-order chi connectivity index (χ1) is 14.4. The molecule has 0 bridgehead atoms. The van der Waals surface area contributed by atoms with Crippen molar-refractivity contribution in [3.63, 3.8) is 0 Å². The number of methoxy groups -OCH3 is 1. The van der Waals surface area contributed by atoms with E-state index in [0.29, 0.717) is 12.2 Å². The van der Waals surface area contributed by atoms with Crippen LogP contribution in [0.2, 0.25) is 0 Å². The van der Waals surface area contributed by atoms with Gasteiger partial charge in [0.15, 0.2) is 11.5 Å². The molecule has 0 unspecified atom stereocenters. The van der Waals surface area contributed by atoms with Crippen molar-refractivity contribution in [1.82, 2.24) is 9.78 Å². The van der Waals surface area contributed by atoms with E-state index in [0.717, 1.165) is 17.4 Å². The van der Waals surface area contributed by atoms with Crippen LogP contribution in [-0.2, 0) is 24.1 Å². The number of aromatic nitrogens is 2. The fourth-order valence-electron chi connectivity index (χ4n) is 3.10. The van der Waals surface area contributed by atoms with E-state index in [1.807, 2.05) is 24.3 Å². The van der Waals surface area contributed by atoms with Crippen LogP contribution in [0.3, 0.4) is 0 Å². The van der Waals surface area contributed by atoms with E-state index in [1.165, 1.54) is 6.07 Å². The monoisotopic (exact) mass is 415 g/mol. The van der Waals surface area contributed by atoms with Crippen LogP contribution in [0, 0.1) is 11.6 Å². The van der Waals surface area contributed by atoms with Gasteiger partial charge in [0.25, 0.3) is 0 Å². The van der Waals surface area contributed by atoms with Crippen molar-refractivity contribution in [1.29, 1.82) is 0 Å². The normalized spacial score (nSPS) is 10.8. The molecule has 0 radical (unpaired) electrons. The predicted molar refractivity (Wildman–Crippen MR) is 108 cm³/mol. The Morgan fingerprint density at radius 1 is 1.13 bits per heavy atom. The molecule has 0 aliphatic rings. The zero-order chi connectivity index (χ0) is 21.7. The summed E-state index contributed by atoms with van der Waals surface area (Å²) in [7, 11) is 1.58. The molecular weight excluding hydrogens is 392 g/mol. The van der Waals surface area contributed by atoms with Crippen molar-refractivity contribution >= 4 is 11.7 Å². The third kappa shape index (κ3) is 4.76. The van der Waals surface area contributed by atoms with Crippen LogP contribution < -0.4 is 10.5 Å². The molecule has 0 saturated heterocycles. The number of rotatable bonds is 8. The Balaban J connectivity index is 1.87. The van der Waals surface area contributed by atoms with Gasteiger partial charge in [0, 0.05) is 11.3 Å². The molecule has 1 aromatic heterocycles. The van der Waals surface area contributed by atoms with Crippen LogP contribution in [0.25, 0.3) is 0 Å². The largest absolute Gasteiger partial charge is 0.497 e. The van der Waals surface area contributed by atoms with Crippen LogP contribution in [0.1, 0.15) is 34.2 Å². The minimum atomic E-state index is -0.762. The number of aryl methyl sites for hydroxylation is 1. The average Bonchev–Trinajstić information content (AvgIpc) is 3.14. The maximum absolute atomic E-state index is 14.2. The summed E-state index contributed by atoms with van der Waals surface area (Å²) in [4.78, 5) is 12.1. The summed E-state index contributed by atoms with van der Waals surface area (Å²) >= 11 is 0. The zero-order valence-corrected chi connectivity index (χ0v) is 16.8. The first kappa shape index (κ1) is 21.3. The number of ether oxygens (including phenoxy) is 2. The van der Waals surface area contributed by atoms with Crippen LogP contribution in [-0.4, -0.2) is 29.5 Å². The molecule has 0 saturated carbocycles. The number of hydrogen-bond acceptors (Lipinski definition) is 5. The van der Waals surface area contributed by atoms with Crippen LogP contribution in [0.4, 0.5) is 14.5 Å². The summed E-state index contributed by atoms with van der Waals surface area (Å²) in [5.74, 6) is -1.25. The Hall–Kier alpha value is -3.42. The number of halogens is 2. The maximum Gasteiger partial charge on any atom is 0.358 e. The number of nitrogens with zero attached hydrogens (tertiary/aromatic N) is 2. The van der Waals surface area contributed by atoms with Crippen molar-refractivity contribution < 1.29 is 23.0 Å². The minimum Gasteiger partial charge on any atom is -0.497 e. The molecule has 2 aromatic carbocycles. The topological polar surface area (TPSA) is 79.4 Å². The highest BCUT2D eigenvalue weighted by atomic mass is 19.1. The van der Waals surface area contributed by atoms with Gasteiger partial charge in [-0.2, -0.15) is 5.10 Å². The van der Waals surface area contributed by atoms with Crippen LogP contribution in [0.5, 0.6) is 5.75 Å². The minimum absolute atomic E-state index is 0.0687.